The maximum atomic E-state index is 12.6. The van der Waals surface area contributed by atoms with Crippen LogP contribution in [-0.2, 0) is 9.05 Å². The van der Waals surface area contributed by atoms with Gasteiger partial charge in [0.05, 0.1) is 4.90 Å². The molecule has 134 valence electrons. The van der Waals surface area contributed by atoms with Crippen molar-refractivity contribution < 1.29 is 8.42 Å². The van der Waals surface area contributed by atoms with Gasteiger partial charge in [-0.2, -0.15) is 0 Å². The van der Waals surface area contributed by atoms with Gasteiger partial charge in [0.25, 0.3) is 9.05 Å². The van der Waals surface area contributed by atoms with Crippen LogP contribution in [0.5, 0.6) is 0 Å². The van der Waals surface area contributed by atoms with Gasteiger partial charge in [-0.3, -0.25) is 0 Å². The molecule has 3 aromatic carbocycles. The minimum absolute atomic E-state index is 0.177. The molecule has 3 rings (SSSR count). The van der Waals surface area contributed by atoms with Gasteiger partial charge in [-0.1, -0.05) is 54.6 Å². The lowest BCUT2D eigenvalue weighted by Crippen LogP contribution is -2.02. The number of hydrogen-bond donors (Lipinski definition) is 0. The zero-order chi connectivity index (χ0) is 19.1. The van der Waals surface area contributed by atoms with E-state index in [9.17, 15) is 8.42 Å². The number of hydrogen-bond acceptors (Lipinski definition) is 2. The summed E-state index contributed by atoms with van der Waals surface area (Å²) in [6.45, 7) is 7.94. The molecule has 0 atom stereocenters. The van der Waals surface area contributed by atoms with Gasteiger partial charge >= 0.3 is 0 Å². The maximum Gasteiger partial charge on any atom is 0.262 e. The highest BCUT2D eigenvalue weighted by atomic mass is 35.7. The van der Waals surface area contributed by atoms with Crippen molar-refractivity contribution in [1.82, 2.24) is 0 Å². The molecule has 4 heteroatoms. The van der Waals surface area contributed by atoms with E-state index in [-0.39, 0.29) is 4.90 Å². The van der Waals surface area contributed by atoms with Crippen LogP contribution >= 0.6 is 10.7 Å². The predicted molar refractivity (Wildman–Crippen MR) is 109 cm³/mol. The molecule has 2 nitrogen and oxygen atoms in total. The lowest BCUT2D eigenvalue weighted by molar-refractivity contribution is 0.610. The molecule has 0 aromatic heterocycles. The minimum atomic E-state index is -3.96. The Kier molecular flexibility index (Phi) is 4.96. The summed E-state index contributed by atoms with van der Waals surface area (Å²) in [7, 11) is 2.00. The molecule has 0 heterocycles. The third-order valence-electron chi connectivity index (χ3n) is 4.76. The van der Waals surface area contributed by atoms with E-state index >= 15 is 0 Å². The molecule has 0 aliphatic rings. The third-order valence-corrected chi connectivity index (χ3v) is 6.15. The Morgan fingerprint density at radius 1 is 0.615 bits per heavy atom. The van der Waals surface area contributed by atoms with Crippen molar-refractivity contribution in [2.45, 2.75) is 32.6 Å². The summed E-state index contributed by atoms with van der Waals surface area (Å²) in [6.07, 6.45) is 0. The Balaban J connectivity index is 2.48. The van der Waals surface area contributed by atoms with Crippen LogP contribution in [0.4, 0.5) is 0 Å². The van der Waals surface area contributed by atoms with E-state index in [1.54, 1.807) is 0 Å². The monoisotopic (exact) mass is 384 g/mol. The molecule has 3 aromatic rings. The largest absolute Gasteiger partial charge is 0.262 e. The fourth-order valence-electron chi connectivity index (χ4n) is 3.67. The van der Waals surface area contributed by atoms with Crippen molar-refractivity contribution in [3.8, 4) is 22.3 Å². The van der Waals surface area contributed by atoms with Gasteiger partial charge in [0.1, 0.15) is 0 Å². The minimum Gasteiger partial charge on any atom is -0.207 e. The molecule has 0 bridgehead atoms. The first-order valence-electron chi connectivity index (χ1n) is 8.42. The summed E-state index contributed by atoms with van der Waals surface area (Å²) >= 11 is 0. The van der Waals surface area contributed by atoms with Crippen LogP contribution in [0.1, 0.15) is 22.3 Å². The van der Waals surface area contributed by atoms with Crippen molar-refractivity contribution in [3.05, 3.63) is 76.9 Å². The molecular weight excluding hydrogens is 364 g/mol. The molecule has 0 amide bonds. The molecule has 26 heavy (non-hydrogen) atoms. The second-order valence-corrected chi connectivity index (χ2v) is 9.16. The number of rotatable bonds is 3. The van der Waals surface area contributed by atoms with Crippen molar-refractivity contribution in [2.75, 3.05) is 0 Å². The first-order valence-corrected chi connectivity index (χ1v) is 10.7. The number of halogens is 1. The summed E-state index contributed by atoms with van der Waals surface area (Å²) in [5.41, 5.74) is 7.21. The van der Waals surface area contributed by atoms with Gasteiger partial charge < -0.3 is 0 Å². The smallest absolute Gasteiger partial charge is 0.207 e. The Morgan fingerprint density at radius 3 is 1.23 bits per heavy atom. The Morgan fingerprint density at radius 2 is 0.923 bits per heavy atom. The van der Waals surface area contributed by atoms with Crippen molar-refractivity contribution in [3.63, 3.8) is 0 Å². The van der Waals surface area contributed by atoms with Gasteiger partial charge in [-0.25, -0.2) is 8.42 Å². The van der Waals surface area contributed by atoms with Gasteiger partial charge in [0.2, 0.25) is 0 Å². The van der Waals surface area contributed by atoms with Crippen LogP contribution in [-0.4, -0.2) is 8.42 Å². The Labute approximate surface area is 159 Å². The lowest BCUT2D eigenvalue weighted by Gasteiger charge is -2.18. The van der Waals surface area contributed by atoms with Crippen molar-refractivity contribution in [1.29, 1.82) is 0 Å². The van der Waals surface area contributed by atoms with Gasteiger partial charge in [-0.05, 0) is 61.1 Å². The summed E-state index contributed by atoms with van der Waals surface area (Å²) in [6, 6.07) is 17.4. The van der Waals surface area contributed by atoms with Gasteiger partial charge in [-0.15, -0.1) is 0 Å². The van der Waals surface area contributed by atoms with Crippen LogP contribution in [0.15, 0.2) is 59.5 Å². The standard InChI is InChI=1S/C22H21ClO2S/c1-14-8-5-9-15(2)20(14)18-12-7-13-19(22(18)26(23,24)25)21-16(3)10-6-11-17(21)4/h5-13H,1-4H3. The lowest BCUT2D eigenvalue weighted by atomic mass is 9.90. The molecular formula is C22H21ClO2S. The Bertz CT molecular complexity index is 989. The summed E-state index contributed by atoms with van der Waals surface area (Å²) in [5.74, 6) is 0. The molecule has 0 aliphatic heterocycles. The maximum absolute atomic E-state index is 12.6. The summed E-state index contributed by atoms with van der Waals surface area (Å²) in [4.78, 5) is 0.177. The van der Waals surface area contributed by atoms with E-state index in [0.29, 0.717) is 11.1 Å². The second-order valence-electron chi connectivity index (χ2n) is 6.65. The second kappa shape index (κ2) is 6.90. The number of aryl methyl sites for hydroxylation is 4. The fraction of sp³-hybridized carbons (Fsp3) is 0.182. The van der Waals surface area contributed by atoms with E-state index in [1.807, 2.05) is 82.3 Å². The van der Waals surface area contributed by atoms with E-state index in [1.165, 1.54) is 0 Å². The average Bonchev–Trinajstić information content (AvgIpc) is 2.53. The molecule has 0 unspecified atom stereocenters. The highest BCUT2D eigenvalue weighted by Gasteiger charge is 2.25. The quantitative estimate of drug-likeness (QED) is 0.505. The van der Waals surface area contributed by atoms with E-state index in [0.717, 1.165) is 33.4 Å². The summed E-state index contributed by atoms with van der Waals surface area (Å²) in [5, 5.41) is 0. The predicted octanol–water partition coefficient (Wildman–Crippen LogP) is 6.18. The van der Waals surface area contributed by atoms with Crippen LogP contribution in [0.25, 0.3) is 22.3 Å². The topological polar surface area (TPSA) is 34.1 Å². The molecule has 0 N–H and O–H groups in total. The van der Waals surface area contributed by atoms with Gasteiger partial charge in [0, 0.05) is 21.8 Å². The van der Waals surface area contributed by atoms with Gasteiger partial charge in [0.15, 0.2) is 0 Å². The zero-order valence-electron chi connectivity index (χ0n) is 15.3. The number of benzene rings is 3. The van der Waals surface area contributed by atoms with E-state index in [4.69, 9.17) is 10.7 Å². The van der Waals surface area contributed by atoms with Crippen LogP contribution < -0.4 is 0 Å². The molecule has 0 saturated carbocycles. The molecule has 0 spiro atoms. The molecule has 0 saturated heterocycles. The van der Waals surface area contributed by atoms with Crippen molar-refractivity contribution >= 4 is 19.7 Å². The highest BCUT2D eigenvalue weighted by Crippen LogP contribution is 2.41. The highest BCUT2D eigenvalue weighted by molar-refractivity contribution is 8.14. The third kappa shape index (κ3) is 3.29. The molecule has 0 aliphatic carbocycles. The fourth-order valence-corrected chi connectivity index (χ4v) is 5.04. The first-order chi connectivity index (χ1) is 12.2. The molecule has 0 radical (unpaired) electrons. The zero-order valence-corrected chi connectivity index (χ0v) is 16.9. The van der Waals surface area contributed by atoms with E-state index in [2.05, 4.69) is 0 Å². The summed E-state index contributed by atoms with van der Waals surface area (Å²) < 4.78 is 25.3. The van der Waals surface area contributed by atoms with E-state index < -0.39 is 9.05 Å². The van der Waals surface area contributed by atoms with Crippen LogP contribution in [0, 0.1) is 27.7 Å². The SMILES string of the molecule is Cc1cccc(C)c1-c1cccc(-c2c(C)cccc2C)c1S(=O)(=O)Cl. The average molecular weight is 385 g/mol. The normalized spacial score (nSPS) is 11.6. The van der Waals surface area contributed by atoms with Crippen LogP contribution in [0.2, 0.25) is 0 Å². The van der Waals surface area contributed by atoms with Crippen LogP contribution in [0.3, 0.4) is 0 Å². The Hall–Kier alpha value is -2.10. The molecule has 0 fully saturated rings. The van der Waals surface area contributed by atoms with Crippen molar-refractivity contribution in [2.24, 2.45) is 0 Å². The first kappa shape index (κ1) is 18.7.